The van der Waals surface area contributed by atoms with E-state index in [2.05, 4.69) is 20.1 Å². The number of rotatable bonds is 21. The third-order valence-electron chi connectivity index (χ3n) is 6.39. The SMILES string of the molecule is CCCP(=O)(CCOS(=O)(=O)c1ccc(C)cc1)CNC(=O)CCC(=O)OC.COC(=O)CCC(=O)NCP(=O)(CCO)CCO. The quantitative estimate of drug-likeness (QED) is 0.0811. The number of aryl methyl sites for hydroxylation is 1. The molecule has 0 saturated heterocycles. The molecule has 2 amide bonds. The average Bonchev–Trinajstić information content (AvgIpc) is 3.01. The Morgan fingerprint density at radius 1 is 0.739 bits per heavy atom. The van der Waals surface area contributed by atoms with Crippen molar-refractivity contribution in [3.63, 3.8) is 0 Å². The van der Waals surface area contributed by atoms with Gasteiger partial charge in [0.1, 0.15) is 14.3 Å². The second-order valence-electron chi connectivity index (χ2n) is 10.2. The maximum Gasteiger partial charge on any atom is 0.306 e. The first-order valence-electron chi connectivity index (χ1n) is 14.6. The van der Waals surface area contributed by atoms with E-state index in [0.717, 1.165) is 5.56 Å². The Morgan fingerprint density at radius 2 is 1.17 bits per heavy atom. The van der Waals surface area contributed by atoms with E-state index >= 15 is 0 Å². The molecule has 0 heterocycles. The number of aliphatic hydroxyl groups is 2. The van der Waals surface area contributed by atoms with Gasteiger partial charge >= 0.3 is 11.9 Å². The molecule has 0 aromatic heterocycles. The molecule has 0 radical (unpaired) electrons. The first-order valence-corrected chi connectivity index (χ1v) is 20.5. The topological polar surface area (TPSA) is 229 Å². The number of amides is 2. The standard InChI is InChI=1S/C18H28NO7PS.C10H20NO6P/c1-4-12-27(22,14-19-17(20)9-10-18(21)25-3)13-11-26-28(23,24)16-7-5-15(2)6-8-16;1-17-10(15)3-2-9(14)11-8-18(16,6-4-12)7-5-13/h5-8H,4,9-14H2,1-3H3,(H,19,20);12-13H,2-8H2,1H3,(H,11,14). The smallest absolute Gasteiger partial charge is 0.306 e. The highest BCUT2D eigenvalue weighted by molar-refractivity contribution is 7.86. The molecule has 1 unspecified atom stereocenters. The van der Waals surface area contributed by atoms with Gasteiger partial charge in [-0.15, -0.1) is 0 Å². The molecule has 4 N–H and O–H groups in total. The highest BCUT2D eigenvalue weighted by atomic mass is 32.2. The predicted molar refractivity (Wildman–Crippen MR) is 172 cm³/mol. The molecule has 0 aliphatic heterocycles. The molecule has 0 spiro atoms. The zero-order valence-electron chi connectivity index (χ0n) is 26.9. The van der Waals surface area contributed by atoms with Crippen LogP contribution in [0.4, 0.5) is 0 Å². The van der Waals surface area contributed by atoms with Crippen LogP contribution in [0.3, 0.4) is 0 Å². The summed E-state index contributed by atoms with van der Waals surface area (Å²) in [6.07, 6.45) is 0.813. The first kappa shape index (κ1) is 43.4. The molecule has 0 aliphatic carbocycles. The number of nitrogens with one attached hydrogen (secondary N) is 2. The molecule has 1 aromatic rings. The van der Waals surface area contributed by atoms with Crippen LogP contribution in [-0.2, 0) is 52.1 Å². The van der Waals surface area contributed by atoms with Crippen LogP contribution >= 0.6 is 14.3 Å². The second-order valence-corrected chi connectivity index (χ2v) is 18.5. The molecule has 264 valence electrons. The summed E-state index contributed by atoms with van der Waals surface area (Å²) >= 11 is 0. The molecule has 1 rings (SSSR count). The van der Waals surface area contributed by atoms with Gasteiger partial charge in [-0.25, -0.2) is 0 Å². The summed E-state index contributed by atoms with van der Waals surface area (Å²) in [6.45, 7) is 2.96. The van der Waals surface area contributed by atoms with Gasteiger partial charge in [-0.3, -0.25) is 23.4 Å². The summed E-state index contributed by atoms with van der Waals surface area (Å²) in [5.41, 5.74) is 0.925. The van der Waals surface area contributed by atoms with Gasteiger partial charge in [0, 0.05) is 50.7 Å². The Bertz CT molecular complexity index is 1290. The van der Waals surface area contributed by atoms with E-state index in [-0.39, 0.29) is 81.5 Å². The number of carbonyl (C=O) groups excluding carboxylic acids is 4. The van der Waals surface area contributed by atoms with Crippen molar-refractivity contribution in [2.45, 2.75) is 50.8 Å². The molecule has 1 aromatic carbocycles. The van der Waals surface area contributed by atoms with Gasteiger partial charge in [0.25, 0.3) is 10.1 Å². The van der Waals surface area contributed by atoms with Crippen LogP contribution in [0.25, 0.3) is 0 Å². The maximum atomic E-state index is 13.0. The molecule has 0 saturated carbocycles. The van der Waals surface area contributed by atoms with Crippen LogP contribution < -0.4 is 10.6 Å². The minimum Gasteiger partial charge on any atom is -0.469 e. The Morgan fingerprint density at radius 3 is 1.57 bits per heavy atom. The zero-order valence-corrected chi connectivity index (χ0v) is 29.5. The lowest BCUT2D eigenvalue weighted by molar-refractivity contribution is -0.142. The lowest BCUT2D eigenvalue weighted by Gasteiger charge is -2.18. The molecule has 18 heteroatoms. The number of hydrogen-bond acceptors (Lipinski definition) is 13. The fraction of sp³-hybridized carbons (Fsp3) is 0.643. The summed E-state index contributed by atoms with van der Waals surface area (Å²) in [4.78, 5) is 45.0. The van der Waals surface area contributed by atoms with E-state index in [9.17, 15) is 36.7 Å². The third kappa shape index (κ3) is 19.1. The molecular formula is C28H48N2O13P2S. The number of methoxy groups -OCH3 is 2. The number of ether oxygens (including phenoxy) is 2. The van der Waals surface area contributed by atoms with Gasteiger partial charge in [-0.2, -0.15) is 8.42 Å². The molecule has 1 atom stereocenters. The van der Waals surface area contributed by atoms with Crippen LogP contribution in [0, 0.1) is 6.92 Å². The van der Waals surface area contributed by atoms with Gasteiger partial charge < -0.3 is 39.5 Å². The summed E-state index contributed by atoms with van der Waals surface area (Å²) in [5.74, 6) is -1.80. The van der Waals surface area contributed by atoms with Gasteiger partial charge in [-0.1, -0.05) is 24.6 Å². The van der Waals surface area contributed by atoms with Crippen molar-refractivity contribution in [2.75, 3.05) is 71.3 Å². The van der Waals surface area contributed by atoms with Crippen LogP contribution in [-0.4, -0.2) is 114 Å². The van der Waals surface area contributed by atoms with Gasteiger partial charge in [0.15, 0.2) is 0 Å². The van der Waals surface area contributed by atoms with Crippen molar-refractivity contribution in [3.05, 3.63) is 29.8 Å². The van der Waals surface area contributed by atoms with E-state index in [4.69, 9.17) is 14.4 Å². The number of hydrogen-bond donors (Lipinski definition) is 4. The van der Waals surface area contributed by atoms with E-state index in [1.165, 1.54) is 26.4 Å². The van der Waals surface area contributed by atoms with Gasteiger partial charge in [0.2, 0.25) is 11.8 Å². The van der Waals surface area contributed by atoms with Crippen molar-refractivity contribution in [3.8, 4) is 0 Å². The van der Waals surface area contributed by atoms with Gasteiger partial charge in [-0.05, 0) is 25.5 Å². The zero-order chi connectivity index (χ0) is 35.2. The Hall–Kier alpha value is -2.61. The predicted octanol–water partition coefficient (Wildman–Crippen LogP) is 1.86. The minimum absolute atomic E-state index is 0.0310. The van der Waals surface area contributed by atoms with Crippen LogP contribution in [0.2, 0.25) is 0 Å². The van der Waals surface area contributed by atoms with Crippen LogP contribution in [0.1, 0.15) is 44.6 Å². The van der Waals surface area contributed by atoms with Crippen molar-refractivity contribution in [1.82, 2.24) is 10.6 Å². The lowest BCUT2D eigenvalue weighted by Crippen LogP contribution is -2.27. The molecule has 0 bridgehead atoms. The molecular weight excluding hydrogens is 666 g/mol. The highest BCUT2D eigenvalue weighted by Gasteiger charge is 2.25. The monoisotopic (exact) mass is 714 g/mol. The molecule has 46 heavy (non-hydrogen) atoms. The maximum absolute atomic E-state index is 13.0. The lowest BCUT2D eigenvalue weighted by atomic mass is 10.2. The molecule has 0 fully saturated rings. The van der Waals surface area contributed by atoms with E-state index < -0.39 is 48.2 Å². The van der Waals surface area contributed by atoms with Crippen molar-refractivity contribution >= 4 is 48.2 Å². The van der Waals surface area contributed by atoms with Crippen LogP contribution in [0.15, 0.2) is 29.2 Å². The van der Waals surface area contributed by atoms with Gasteiger partial charge in [0.05, 0.1) is 51.1 Å². The van der Waals surface area contributed by atoms with Crippen molar-refractivity contribution in [2.24, 2.45) is 0 Å². The number of carbonyl (C=O) groups is 4. The average molecular weight is 715 g/mol. The van der Waals surface area contributed by atoms with E-state index in [1.54, 1.807) is 12.1 Å². The third-order valence-corrected chi connectivity index (χ3v) is 13.5. The summed E-state index contributed by atoms with van der Waals surface area (Å²) in [7, 11) is -7.08. The number of benzene rings is 1. The second kappa shape index (κ2) is 22.8. The highest BCUT2D eigenvalue weighted by Crippen LogP contribution is 2.45. The Balaban J connectivity index is 0.000000973. The van der Waals surface area contributed by atoms with E-state index in [1.807, 2.05) is 13.8 Å². The fourth-order valence-corrected chi connectivity index (χ4v) is 8.68. The number of esters is 2. The molecule has 0 aliphatic rings. The normalized spacial score (nSPS) is 12.6. The Labute approximate surface area is 271 Å². The molecule has 15 nitrogen and oxygen atoms in total. The van der Waals surface area contributed by atoms with Crippen LogP contribution in [0.5, 0.6) is 0 Å². The van der Waals surface area contributed by atoms with Crippen molar-refractivity contribution in [1.29, 1.82) is 0 Å². The Kier molecular flexibility index (Phi) is 21.5. The minimum atomic E-state index is -3.93. The summed E-state index contributed by atoms with van der Waals surface area (Å²) in [5, 5.41) is 22.5. The van der Waals surface area contributed by atoms with E-state index in [0.29, 0.717) is 12.6 Å². The largest absolute Gasteiger partial charge is 0.469 e. The number of aliphatic hydroxyl groups excluding tert-OH is 2. The van der Waals surface area contributed by atoms with Crippen molar-refractivity contribution < 1.29 is 60.6 Å². The summed E-state index contributed by atoms with van der Waals surface area (Å²) in [6, 6.07) is 6.25. The first-order chi connectivity index (χ1) is 21.6. The fourth-order valence-electron chi connectivity index (χ4n) is 3.67. The summed E-state index contributed by atoms with van der Waals surface area (Å²) < 4.78 is 63.4.